The van der Waals surface area contributed by atoms with Crippen LogP contribution in [-0.4, -0.2) is 51.6 Å². The second-order valence-electron chi connectivity index (χ2n) is 8.07. The van der Waals surface area contributed by atoms with Crippen LogP contribution in [-0.2, 0) is 0 Å². The van der Waals surface area contributed by atoms with Gasteiger partial charge < -0.3 is 9.80 Å². The van der Waals surface area contributed by atoms with Crippen LogP contribution in [0.25, 0.3) is 15.5 Å². The minimum atomic E-state index is -0.196. The van der Waals surface area contributed by atoms with Crippen LogP contribution in [0.4, 0.5) is 5.82 Å². The molecule has 1 aliphatic heterocycles. The molecule has 2 aromatic heterocycles. The Bertz CT molecular complexity index is 1370. The fraction of sp³-hybridized carbons (Fsp3) is 0.250. The van der Waals surface area contributed by atoms with Gasteiger partial charge in [-0.25, -0.2) is 4.98 Å². The van der Waals surface area contributed by atoms with Gasteiger partial charge in [-0.15, -0.1) is 0 Å². The number of nitrogens with zero attached hydrogens (tertiary/aromatic N) is 5. The highest BCUT2D eigenvalue weighted by atomic mass is 32.1. The topological polar surface area (TPSA) is 70.8 Å². The van der Waals surface area contributed by atoms with Gasteiger partial charge in [0, 0.05) is 43.4 Å². The van der Waals surface area contributed by atoms with E-state index >= 15 is 0 Å². The molecule has 1 amide bonds. The molecule has 0 saturated carbocycles. The Labute approximate surface area is 189 Å². The molecule has 3 heterocycles. The van der Waals surface area contributed by atoms with Crippen LogP contribution < -0.4 is 10.5 Å². The lowest BCUT2D eigenvalue weighted by Crippen LogP contribution is -2.49. The van der Waals surface area contributed by atoms with Crippen molar-refractivity contribution < 1.29 is 4.79 Å². The van der Waals surface area contributed by atoms with Crippen molar-refractivity contribution in [2.24, 2.45) is 0 Å². The van der Waals surface area contributed by atoms with Gasteiger partial charge in [-0.3, -0.25) is 9.59 Å². The molecule has 1 fully saturated rings. The summed E-state index contributed by atoms with van der Waals surface area (Å²) in [6.07, 6.45) is 0. The number of carbonyl (C=O) groups is 1. The van der Waals surface area contributed by atoms with Gasteiger partial charge in [0.15, 0.2) is 0 Å². The Morgan fingerprint density at radius 2 is 1.66 bits per heavy atom. The summed E-state index contributed by atoms with van der Waals surface area (Å²) >= 11 is 1.40. The number of benzene rings is 2. The van der Waals surface area contributed by atoms with Crippen LogP contribution in [0.5, 0.6) is 0 Å². The fourth-order valence-corrected chi connectivity index (χ4v) is 4.85. The molecule has 7 nitrogen and oxygen atoms in total. The maximum atomic E-state index is 12.8. The molecule has 162 valence electrons. The lowest BCUT2D eigenvalue weighted by molar-refractivity contribution is 0.0746. The molecule has 0 aliphatic carbocycles. The number of hydrogen-bond donors (Lipinski definition) is 0. The van der Waals surface area contributed by atoms with Crippen LogP contribution in [0.3, 0.4) is 0 Å². The van der Waals surface area contributed by atoms with E-state index in [2.05, 4.69) is 10.00 Å². The monoisotopic (exact) mass is 445 g/mol. The van der Waals surface area contributed by atoms with Gasteiger partial charge in [-0.05, 0) is 32.0 Å². The molecule has 0 bridgehead atoms. The molecule has 0 N–H and O–H groups in total. The summed E-state index contributed by atoms with van der Waals surface area (Å²) in [6.45, 7) is 6.45. The van der Waals surface area contributed by atoms with E-state index in [1.54, 1.807) is 0 Å². The lowest BCUT2D eigenvalue weighted by atomic mass is 10.1. The number of fused-ring (bicyclic) bond motifs is 1. The first-order valence-corrected chi connectivity index (χ1v) is 11.4. The molecule has 1 saturated heterocycles. The Hall–Kier alpha value is -3.52. The molecule has 1 aliphatic rings. The summed E-state index contributed by atoms with van der Waals surface area (Å²) in [5, 5.41) is 5.24. The molecule has 4 aromatic rings. The Kier molecular flexibility index (Phi) is 5.22. The molecule has 32 heavy (non-hydrogen) atoms. The second-order valence-corrected chi connectivity index (χ2v) is 9.03. The van der Waals surface area contributed by atoms with E-state index in [9.17, 15) is 9.59 Å². The standard InChI is InChI=1S/C24H23N5O2S/c1-16-5-3-7-18(13-16)22-26-29-21(30)15-20(25-24(29)32-22)27-9-11-28(12-10-27)23(31)19-8-4-6-17(2)14-19/h3-8,13-15H,9-12H2,1-2H3. The molecule has 0 atom stereocenters. The van der Waals surface area contributed by atoms with E-state index < -0.39 is 0 Å². The van der Waals surface area contributed by atoms with E-state index in [1.807, 2.05) is 67.3 Å². The molecule has 5 rings (SSSR count). The van der Waals surface area contributed by atoms with Crippen LogP contribution in [0.2, 0.25) is 0 Å². The zero-order valence-electron chi connectivity index (χ0n) is 18.0. The smallest absolute Gasteiger partial charge is 0.277 e. The maximum absolute atomic E-state index is 12.8. The second kappa shape index (κ2) is 8.20. The summed E-state index contributed by atoms with van der Waals surface area (Å²) in [5.74, 6) is 0.680. The van der Waals surface area contributed by atoms with Gasteiger partial charge in [0.1, 0.15) is 10.8 Å². The van der Waals surface area contributed by atoms with Gasteiger partial charge in [-0.1, -0.05) is 52.8 Å². The van der Waals surface area contributed by atoms with E-state index in [0.717, 1.165) is 21.7 Å². The van der Waals surface area contributed by atoms with E-state index in [0.29, 0.717) is 42.5 Å². The van der Waals surface area contributed by atoms with Gasteiger partial charge in [0.05, 0.1) is 0 Å². The molecule has 2 aromatic carbocycles. The van der Waals surface area contributed by atoms with Gasteiger partial charge in [-0.2, -0.15) is 9.61 Å². The average molecular weight is 446 g/mol. The van der Waals surface area contributed by atoms with Gasteiger partial charge >= 0.3 is 0 Å². The van der Waals surface area contributed by atoms with E-state index in [1.165, 1.54) is 21.9 Å². The van der Waals surface area contributed by atoms with E-state index in [-0.39, 0.29) is 11.5 Å². The first kappa shape index (κ1) is 20.4. The Balaban J connectivity index is 1.35. The summed E-state index contributed by atoms with van der Waals surface area (Å²) in [4.78, 5) is 34.7. The van der Waals surface area contributed by atoms with Crippen molar-refractivity contribution >= 4 is 28.0 Å². The minimum Gasteiger partial charge on any atom is -0.353 e. The summed E-state index contributed by atoms with van der Waals surface area (Å²) in [5.41, 5.74) is 3.70. The predicted octanol–water partition coefficient (Wildman–Crippen LogP) is 3.40. The molecule has 0 radical (unpaired) electrons. The van der Waals surface area contributed by atoms with Crippen LogP contribution >= 0.6 is 11.3 Å². The average Bonchev–Trinajstić information content (AvgIpc) is 3.24. The number of piperazine rings is 1. The van der Waals surface area contributed by atoms with Crippen LogP contribution in [0, 0.1) is 13.8 Å². The number of aromatic nitrogens is 3. The molecular weight excluding hydrogens is 422 g/mol. The Morgan fingerprint density at radius 1 is 0.938 bits per heavy atom. The minimum absolute atomic E-state index is 0.0436. The zero-order valence-corrected chi connectivity index (χ0v) is 18.8. The first-order valence-electron chi connectivity index (χ1n) is 10.6. The number of aryl methyl sites for hydroxylation is 2. The third-order valence-corrected chi connectivity index (χ3v) is 6.61. The first-order chi connectivity index (χ1) is 15.5. The highest BCUT2D eigenvalue weighted by molar-refractivity contribution is 7.19. The fourth-order valence-electron chi connectivity index (χ4n) is 3.96. The number of anilines is 1. The van der Waals surface area contributed by atoms with Crippen molar-refractivity contribution in [1.29, 1.82) is 0 Å². The third kappa shape index (κ3) is 3.89. The van der Waals surface area contributed by atoms with Gasteiger partial charge in [0.25, 0.3) is 11.5 Å². The number of carbonyl (C=O) groups excluding carboxylic acids is 1. The SMILES string of the molecule is Cc1cccc(C(=O)N2CCN(c3cc(=O)n4nc(-c5cccc(C)c5)sc4n3)CC2)c1. The third-order valence-electron chi connectivity index (χ3n) is 5.65. The lowest BCUT2D eigenvalue weighted by Gasteiger charge is -2.35. The highest BCUT2D eigenvalue weighted by Gasteiger charge is 2.24. The van der Waals surface area contributed by atoms with Crippen LogP contribution in [0.15, 0.2) is 59.4 Å². The molecule has 0 spiro atoms. The quantitative estimate of drug-likeness (QED) is 0.483. The van der Waals surface area contributed by atoms with Crippen molar-refractivity contribution in [3.63, 3.8) is 0 Å². The van der Waals surface area contributed by atoms with Gasteiger partial charge in [0.2, 0.25) is 4.96 Å². The van der Waals surface area contributed by atoms with Crippen molar-refractivity contribution in [3.05, 3.63) is 81.6 Å². The molecule has 8 heteroatoms. The summed E-state index contributed by atoms with van der Waals surface area (Å²) in [6, 6.07) is 17.2. The summed E-state index contributed by atoms with van der Waals surface area (Å²) in [7, 11) is 0. The van der Waals surface area contributed by atoms with E-state index in [4.69, 9.17) is 4.98 Å². The van der Waals surface area contributed by atoms with Crippen molar-refractivity contribution in [2.45, 2.75) is 13.8 Å². The summed E-state index contributed by atoms with van der Waals surface area (Å²) < 4.78 is 1.36. The zero-order chi connectivity index (χ0) is 22.2. The largest absolute Gasteiger partial charge is 0.353 e. The number of amides is 1. The Morgan fingerprint density at radius 3 is 2.38 bits per heavy atom. The van der Waals surface area contributed by atoms with Crippen molar-refractivity contribution in [3.8, 4) is 10.6 Å². The van der Waals surface area contributed by atoms with Crippen molar-refractivity contribution in [2.75, 3.05) is 31.1 Å². The molecule has 0 unspecified atom stereocenters. The number of hydrogen-bond acceptors (Lipinski definition) is 6. The maximum Gasteiger partial charge on any atom is 0.277 e. The highest BCUT2D eigenvalue weighted by Crippen LogP contribution is 2.26. The molecular formula is C24H23N5O2S. The number of rotatable bonds is 3. The predicted molar refractivity (Wildman–Crippen MR) is 127 cm³/mol. The van der Waals surface area contributed by atoms with Crippen LogP contribution in [0.1, 0.15) is 21.5 Å². The van der Waals surface area contributed by atoms with Crippen molar-refractivity contribution in [1.82, 2.24) is 19.5 Å². The normalized spacial score (nSPS) is 14.2.